The van der Waals surface area contributed by atoms with E-state index in [9.17, 15) is 9.18 Å². The average Bonchev–Trinajstić information content (AvgIpc) is 3.06. The number of para-hydroxylation sites is 1. The number of hydrogen-bond donors (Lipinski definition) is 0. The van der Waals surface area contributed by atoms with Crippen molar-refractivity contribution in [3.63, 3.8) is 0 Å². The lowest BCUT2D eigenvalue weighted by molar-refractivity contribution is -0.133. The summed E-state index contributed by atoms with van der Waals surface area (Å²) in [5.41, 5.74) is 0. The molecule has 26 heavy (non-hydrogen) atoms. The molecule has 1 fully saturated rings. The molecule has 140 valence electrons. The number of amides is 1. The van der Waals surface area contributed by atoms with Crippen LogP contribution >= 0.6 is 0 Å². The van der Waals surface area contributed by atoms with E-state index in [2.05, 4.69) is 9.55 Å². The van der Waals surface area contributed by atoms with E-state index in [4.69, 9.17) is 4.74 Å². The highest BCUT2D eigenvalue weighted by Gasteiger charge is 2.24. The maximum Gasteiger partial charge on any atom is 0.222 e. The molecule has 1 aliphatic heterocycles. The normalized spacial score (nSPS) is 17.3. The maximum absolute atomic E-state index is 13.6. The van der Waals surface area contributed by atoms with E-state index in [0.29, 0.717) is 19.6 Å². The van der Waals surface area contributed by atoms with Gasteiger partial charge in [-0.2, -0.15) is 0 Å². The molecule has 1 aliphatic rings. The number of likely N-dealkylation sites (tertiary alicyclic amines) is 1. The summed E-state index contributed by atoms with van der Waals surface area (Å²) in [6, 6.07) is 6.44. The third kappa shape index (κ3) is 4.84. The van der Waals surface area contributed by atoms with Gasteiger partial charge in [0.2, 0.25) is 5.91 Å². The molecule has 0 unspecified atom stereocenters. The number of benzene rings is 1. The fourth-order valence-corrected chi connectivity index (χ4v) is 3.40. The van der Waals surface area contributed by atoms with Crippen LogP contribution in [0.3, 0.4) is 0 Å². The van der Waals surface area contributed by atoms with Crippen molar-refractivity contribution in [1.29, 1.82) is 0 Å². The van der Waals surface area contributed by atoms with Gasteiger partial charge >= 0.3 is 0 Å². The van der Waals surface area contributed by atoms with Crippen molar-refractivity contribution in [3.05, 3.63) is 48.3 Å². The van der Waals surface area contributed by atoms with Crippen molar-refractivity contribution in [2.45, 2.75) is 39.2 Å². The smallest absolute Gasteiger partial charge is 0.222 e. The number of imidazole rings is 1. The van der Waals surface area contributed by atoms with E-state index in [0.717, 1.165) is 38.2 Å². The molecule has 3 rings (SSSR count). The van der Waals surface area contributed by atoms with Crippen LogP contribution in [0, 0.1) is 18.7 Å². The van der Waals surface area contributed by atoms with Gasteiger partial charge in [0, 0.05) is 44.4 Å². The zero-order valence-corrected chi connectivity index (χ0v) is 15.2. The molecule has 6 heteroatoms. The number of aromatic nitrogens is 2. The summed E-state index contributed by atoms with van der Waals surface area (Å²) in [5, 5.41) is 0. The van der Waals surface area contributed by atoms with Gasteiger partial charge in [-0.15, -0.1) is 0 Å². The van der Waals surface area contributed by atoms with Crippen LogP contribution in [-0.2, 0) is 11.3 Å². The van der Waals surface area contributed by atoms with Gasteiger partial charge < -0.3 is 14.2 Å². The molecule has 1 aromatic heterocycles. The summed E-state index contributed by atoms with van der Waals surface area (Å²) in [6.07, 6.45) is 7.05. The van der Waals surface area contributed by atoms with Crippen molar-refractivity contribution < 1.29 is 13.9 Å². The van der Waals surface area contributed by atoms with Crippen LogP contribution in [0.1, 0.15) is 31.5 Å². The van der Waals surface area contributed by atoms with Gasteiger partial charge in [-0.25, -0.2) is 9.37 Å². The summed E-state index contributed by atoms with van der Waals surface area (Å²) in [6.45, 7) is 4.72. The Morgan fingerprint density at radius 3 is 3.00 bits per heavy atom. The molecular weight excluding hydrogens is 333 g/mol. The molecule has 0 spiro atoms. The van der Waals surface area contributed by atoms with Gasteiger partial charge in [-0.3, -0.25) is 4.79 Å². The molecule has 0 saturated carbocycles. The quantitative estimate of drug-likeness (QED) is 0.761. The largest absolute Gasteiger partial charge is 0.490 e. The summed E-state index contributed by atoms with van der Waals surface area (Å²) >= 11 is 0. The fourth-order valence-electron chi connectivity index (χ4n) is 3.40. The van der Waals surface area contributed by atoms with Gasteiger partial charge in [0.1, 0.15) is 5.82 Å². The molecule has 1 saturated heterocycles. The first kappa shape index (κ1) is 18.4. The Labute approximate surface area is 153 Å². The number of ether oxygens (including phenoxy) is 1. The third-order valence-electron chi connectivity index (χ3n) is 4.90. The first-order valence-corrected chi connectivity index (χ1v) is 9.26. The molecule has 1 amide bonds. The first-order chi connectivity index (χ1) is 12.6. The minimum Gasteiger partial charge on any atom is -0.490 e. The second kappa shape index (κ2) is 8.83. The Morgan fingerprint density at radius 2 is 2.23 bits per heavy atom. The molecule has 1 aromatic carbocycles. The highest BCUT2D eigenvalue weighted by molar-refractivity contribution is 5.76. The second-order valence-electron chi connectivity index (χ2n) is 6.86. The fraction of sp³-hybridized carbons (Fsp3) is 0.500. The molecule has 1 atom stereocenters. The molecule has 2 heterocycles. The lowest BCUT2D eigenvalue weighted by Gasteiger charge is -2.32. The lowest BCUT2D eigenvalue weighted by Crippen LogP contribution is -2.41. The number of rotatable bonds is 7. The zero-order valence-electron chi connectivity index (χ0n) is 15.2. The van der Waals surface area contributed by atoms with Gasteiger partial charge in [-0.05, 0) is 38.3 Å². The van der Waals surface area contributed by atoms with Crippen LogP contribution in [0.4, 0.5) is 4.39 Å². The van der Waals surface area contributed by atoms with E-state index in [1.807, 2.05) is 18.0 Å². The Bertz CT molecular complexity index is 731. The van der Waals surface area contributed by atoms with Crippen LogP contribution in [-0.4, -0.2) is 40.1 Å². The number of carbonyl (C=O) groups excluding carboxylic acids is 1. The number of aryl methyl sites for hydroxylation is 2. The van der Waals surface area contributed by atoms with Crippen LogP contribution < -0.4 is 4.74 Å². The van der Waals surface area contributed by atoms with E-state index >= 15 is 0 Å². The number of halogens is 1. The molecule has 0 N–H and O–H groups in total. The van der Waals surface area contributed by atoms with E-state index in [1.165, 1.54) is 6.07 Å². The van der Waals surface area contributed by atoms with Crippen molar-refractivity contribution in [2.75, 3.05) is 19.7 Å². The highest BCUT2D eigenvalue weighted by atomic mass is 19.1. The standard InChI is InChI=1S/C20H26FN3O2/c1-16-22-10-13-23(16)11-5-9-20(25)24-12-4-6-17(14-24)15-26-19-8-3-2-7-18(19)21/h2-3,7-8,10,13,17H,4-6,9,11-12,14-15H2,1H3/t17-/m1/s1. The van der Waals surface area contributed by atoms with E-state index in [1.54, 1.807) is 24.4 Å². The predicted octanol–water partition coefficient (Wildman–Crippen LogP) is 3.43. The van der Waals surface area contributed by atoms with Crippen molar-refractivity contribution >= 4 is 5.91 Å². The van der Waals surface area contributed by atoms with Crippen LogP contribution in [0.5, 0.6) is 5.75 Å². The summed E-state index contributed by atoms with van der Waals surface area (Å²) < 4.78 is 21.3. The molecule has 0 radical (unpaired) electrons. The number of hydrogen-bond acceptors (Lipinski definition) is 3. The molecule has 5 nitrogen and oxygen atoms in total. The average molecular weight is 359 g/mol. The number of nitrogens with zero attached hydrogens (tertiary/aromatic N) is 3. The second-order valence-corrected chi connectivity index (χ2v) is 6.86. The Balaban J connectivity index is 1.43. The minimum absolute atomic E-state index is 0.193. The summed E-state index contributed by atoms with van der Waals surface area (Å²) in [4.78, 5) is 18.6. The first-order valence-electron chi connectivity index (χ1n) is 9.26. The van der Waals surface area contributed by atoms with Gasteiger partial charge in [0.15, 0.2) is 11.6 Å². The van der Waals surface area contributed by atoms with Crippen LogP contribution in [0.25, 0.3) is 0 Å². The topological polar surface area (TPSA) is 47.4 Å². The Hall–Kier alpha value is -2.37. The predicted molar refractivity (Wildman–Crippen MR) is 97.4 cm³/mol. The zero-order chi connectivity index (χ0) is 18.4. The van der Waals surface area contributed by atoms with Gasteiger partial charge in [0.25, 0.3) is 0 Å². The van der Waals surface area contributed by atoms with Gasteiger partial charge in [-0.1, -0.05) is 12.1 Å². The van der Waals surface area contributed by atoms with E-state index in [-0.39, 0.29) is 23.4 Å². The Kier molecular flexibility index (Phi) is 6.26. The summed E-state index contributed by atoms with van der Waals surface area (Å²) in [5.74, 6) is 1.36. The van der Waals surface area contributed by atoms with Crippen LogP contribution in [0.15, 0.2) is 36.7 Å². The molecule has 0 bridgehead atoms. The Morgan fingerprint density at radius 1 is 1.38 bits per heavy atom. The highest BCUT2D eigenvalue weighted by Crippen LogP contribution is 2.21. The monoisotopic (exact) mass is 359 g/mol. The number of carbonyl (C=O) groups is 1. The van der Waals surface area contributed by atoms with Gasteiger partial charge in [0.05, 0.1) is 6.61 Å². The van der Waals surface area contributed by atoms with Crippen LogP contribution in [0.2, 0.25) is 0 Å². The lowest BCUT2D eigenvalue weighted by atomic mass is 9.98. The number of piperidine rings is 1. The maximum atomic E-state index is 13.6. The van der Waals surface area contributed by atoms with Crippen molar-refractivity contribution in [2.24, 2.45) is 5.92 Å². The summed E-state index contributed by atoms with van der Waals surface area (Å²) in [7, 11) is 0. The molecule has 2 aromatic rings. The SMILES string of the molecule is Cc1nccn1CCCC(=O)N1CCC[C@@H](COc2ccccc2F)C1. The third-order valence-corrected chi connectivity index (χ3v) is 4.90. The van der Waals surface area contributed by atoms with Crippen molar-refractivity contribution in [3.8, 4) is 5.75 Å². The van der Waals surface area contributed by atoms with E-state index < -0.39 is 0 Å². The van der Waals surface area contributed by atoms with Crippen molar-refractivity contribution in [1.82, 2.24) is 14.5 Å². The minimum atomic E-state index is -0.342. The molecular formula is C20H26FN3O2. The molecule has 0 aliphatic carbocycles.